The van der Waals surface area contributed by atoms with Gasteiger partial charge in [0, 0.05) is 4.88 Å². The van der Waals surface area contributed by atoms with Crippen LogP contribution in [0.4, 0.5) is 0 Å². The van der Waals surface area contributed by atoms with Gasteiger partial charge >= 0.3 is 5.97 Å². The van der Waals surface area contributed by atoms with Gasteiger partial charge in [-0.1, -0.05) is 13.3 Å². The Morgan fingerprint density at radius 2 is 2.17 bits per heavy atom. The molecule has 1 rings (SSSR count). The molecule has 0 spiro atoms. The summed E-state index contributed by atoms with van der Waals surface area (Å²) in [4.78, 5) is 12.2. The van der Waals surface area contributed by atoms with Crippen LogP contribution in [0.1, 0.15) is 31.6 Å². The number of ether oxygens (including phenoxy) is 1. The van der Waals surface area contributed by atoms with Crippen LogP contribution < -0.4 is 5.14 Å². The lowest BCUT2D eigenvalue weighted by atomic mass is 10.2. The first kappa shape index (κ1) is 15.1. The lowest BCUT2D eigenvalue weighted by Gasteiger charge is -2.11. The number of rotatable bonds is 6. The van der Waals surface area contributed by atoms with Crippen molar-refractivity contribution in [3.8, 4) is 0 Å². The van der Waals surface area contributed by atoms with Gasteiger partial charge in [-0.3, -0.25) is 4.79 Å². The molecule has 0 aliphatic carbocycles. The molecular formula is C11H17NO4S2. The van der Waals surface area contributed by atoms with Gasteiger partial charge in [-0.05, 0) is 25.5 Å². The topological polar surface area (TPSA) is 86.5 Å². The molecule has 5 nitrogen and oxygen atoms in total. The maximum Gasteiger partial charge on any atom is 0.311 e. The Morgan fingerprint density at radius 3 is 2.67 bits per heavy atom. The smallest absolute Gasteiger partial charge is 0.311 e. The second kappa shape index (κ2) is 6.31. The van der Waals surface area contributed by atoms with Gasteiger partial charge in [0.1, 0.15) is 4.21 Å². The maximum absolute atomic E-state index is 11.6. The van der Waals surface area contributed by atoms with Gasteiger partial charge < -0.3 is 4.74 Å². The zero-order valence-corrected chi connectivity index (χ0v) is 12.0. The van der Waals surface area contributed by atoms with Crippen LogP contribution in [-0.2, 0) is 26.0 Å². The van der Waals surface area contributed by atoms with Crippen LogP contribution in [0.15, 0.2) is 16.3 Å². The van der Waals surface area contributed by atoms with Crippen molar-refractivity contribution in [2.45, 2.75) is 43.4 Å². The van der Waals surface area contributed by atoms with Gasteiger partial charge in [-0.2, -0.15) is 0 Å². The molecule has 0 aliphatic rings. The number of primary sulfonamides is 1. The third-order valence-corrected chi connectivity index (χ3v) is 4.79. The number of nitrogens with two attached hydrogens (primary N) is 1. The summed E-state index contributed by atoms with van der Waals surface area (Å²) in [6.07, 6.45) is 1.73. The highest BCUT2D eigenvalue weighted by Crippen LogP contribution is 2.21. The summed E-state index contributed by atoms with van der Waals surface area (Å²) in [6, 6.07) is 2.98. The molecule has 0 saturated heterocycles. The van der Waals surface area contributed by atoms with Crippen molar-refractivity contribution in [3.05, 3.63) is 17.0 Å². The normalized spacial score (nSPS) is 13.3. The summed E-state index contributed by atoms with van der Waals surface area (Å²) in [5.41, 5.74) is 0. The van der Waals surface area contributed by atoms with Crippen molar-refractivity contribution >= 4 is 27.3 Å². The summed E-state index contributed by atoms with van der Waals surface area (Å²) >= 11 is 0.995. The monoisotopic (exact) mass is 291 g/mol. The highest BCUT2D eigenvalue weighted by molar-refractivity contribution is 7.91. The molecule has 0 aliphatic heterocycles. The minimum absolute atomic E-state index is 0.0620. The maximum atomic E-state index is 11.6. The van der Waals surface area contributed by atoms with E-state index < -0.39 is 10.0 Å². The molecule has 0 saturated carbocycles. The van der Waals surface area contributed by atoms with Crippen LogP contribution >= 0.6 is 11.3 Å². The van der Waals surface area contributed by atoms with Gasteiger partial charge in [0.05, 0.1) is 12.5 Å². The second-order valence-corrected chi connectivity index (χ2v) is 6.99. The fourth-order valence-electron chi connectivity index (χ4n) is 1.48. The molecule has 1 heterocycles. The van der Waals surface area contributed by atoms with Crippen molar-refractivity contribution in [1.29, 1.82) is 0 Å². The fraction of sp³-hybridized carbons (Fsp3) is 0.545. The molecule has 0 bridgehead atoms. The standard InChI is InChI=1S/C11H17NO4S2/c1-3-4-8(2)16-10(13)7-9-5-6-11(17-9)18(12,14)15/h5-6,8H,3-4,7H2,1-2H3,(H2,12,14,15). The zero-order chi connectivity index (χ0) is 13.8. The molecule has 102 valence electrons. The summed E-state index contributed by atoms with van der Waals surface area (Å²) in [7, 11) is -3.68. The molecular weight excluding hydrogens is 274 g/mol. The first-order valence-corrected chi connectivity index (χ1v) is 8.00. The lowest BCUT2D eigenvalue weighted by molar-refractivity contribution is -0.147. The van der Waals surface area contributed by atoms with Gasteiger partial charge in [0.25, 0.3) is 0 Å². The van der Waals surface area contributed by atoms with Crippen LogP contribution in [0.25, 0.3) is 0 Å². The van der Waals surface area contributed by atoms with E-state index in [9.17, 15) is 13.2 Å². The predicted molar refractivity (Wildman–Crippen MR) is 69.9 cm³/mol. The number of carbonyl (C=O) groups is 1. The van der Waals surface area contributed by atoms with E-state index in [0.29, 0.717) is 4.88 Å². The average Bonchev–Trinajstić information content (AvgIpc) is 2.65. The van der Waals surface area contributed by atoms with E-state index in [-0.39, 0.29) is 22.7 Å². The number of esters is 1. The third-order valence-electron chi connectivity index (χ3n) is 2.26. The van der Waals surface area contributed by atoms with Crippen molar-refractivity contribution in [2.24, 2.45) is 5.14 Å². The van der Waals surface area contributed by atoms with Gasteiger partial charge in [-0.25, -0.2) is 13.6 Å². The molecule has 1 aromatic rings. The zero-order valence-electron chi connectivity index (χ0n) is 10.4. The second-order valence-electron chi connectivity index (χ2n) is 4.03. The molecule has 18 heavy (non-hydrogen) atoms. The van der Waals surface area contributed by atoms with Crippen LogP contribution in [0, 0.1) is 0 Å². The number of hydrogen-bond donors (Lipinski definition) is 1. The van der Waals surface area contributed by atoms with Crippen molar-refractivity contribution in [2.75, 3.05) is 0 Å². The van der Waals surface area contributed by atoms with E-state index in [2.05, 4.69) is 0 Å². The van der Waals surface area contributed by atoms with Crippen molar-refractivity contribution in [3.63, 3.8) is 0 Å². The molecule has 0 amide bonds. The summed E-state index contributed by atoms with van der Waals surface area (Å²) in [5, 5.41) is 4.99. The summed E-state index contributed by atoms with van der Waals surface area (Å²) < 4.78 is 27.4. The van der Waals surface area contributed by atoms with Gasteiger partial charge in [0.2, 0.25) is 10.0 Å². The molecule has 1 atom stereocenters. The third kappa shape index (κ3) is 4.75. The fourth-order valence-corrected chi connectivity index (χ4v) is 3.24. The van der Waals surface area contributed by atoms with Crippen LogP contribution in [0.5, 0.6) is 0 Å². The molecule has 0 aromatic carbocycles. The van der Waals surface area contributed by atoms with E-state index in [0.717, 1.165) is 24.2 Å². The first-order chi connectivity index (χ1) is 8.32. The Kier molecular flexibility index (Phi) is 5.30. The predicted octanol–water partition coefficient (Wildman–Crippen LogP) is 1.67. The first-order valence-electron chi connectivity index (χ1n) is 5.64. The van der Waals surface area contributed by atoms with Gasteiger partial charge in [-0.15, -0.1) is 11.3 Å². The number of thiophene rings is 1. The highest BCUT2D eigenvalue weighted by Gasteiger charge is 2.15. The van der Waals surface area contributed by atoms with E-state index in [1.807, 2.05) is 13.8 Å². The Bertz CT molecular complexity index is 507. The van der Waals surface area contributed by atoms with E-state index in [1.54, 1.807) is 6.07 Å². The minimum Gasteiger partial charge on any atom is -0.462 e. The van der Waals surface area contributed by atoms with Crippen molar-refractivity contribution in [1.82, 2.24) is 0 Å². The highest BCUT2D eigenvalue weighted by atomic mass is 32.2. The number of sulfonamides is 1. The van der Waals surface area contributed by atoms with Gasteiger partial charge in [0.15, 0.2) is 0 Å². The quantitative estimate of drug-likeness (QED) is 0.808. The molecule has 1 unspecified atom stereocenters. The van der Waals surface area contributed by atoms with Crippen LogP contribution in [0.2, 0.25) is 0 Å². The lowest BCUT2D eigenvalue weighted by Crippen LogP contribution is -2.16. The summed E-state index contributed by atoms with van der Waals surface area (Å²) in [5.74, 6) is -0.348. The van der Waals surface area contributed by atoms with Crippen LogP contribution in [-0.4, -0.2) is 20.5 Å². The van der Waals surface area contributed by atoms with E-state index in [1.165, 1.54) is 6.07 Å². The molecule has 2 N–H and O–H groups in total. The molecule has 1 aromatic heterocycles. The molecule has 0 radical (unpaired) electrons. The molecule has 7 heteroatoms. The minimum atomic E-state index is -3.68. The Morgan fingerprint density at radius 1 is 1.50 bits per heavy atom. The van der Waals surface area contributed by atoms with E-state index >= 15 is 0 Å². The number of carbonyl (C=O) groups excluding carboxylic acids is 1. The SMILES string of the molecule is CCCC(C)OC(=O)Cc1ccc(S(N)(=O)=O)s1. The van der Waals surface area contributed by atoms with Crippen LogP contribution in [0.3, 0.4) is 0 Å². The van der Waals surface area contributed by atoms with E-state index in [4.69, 9.17) is 9.88 Å². The number of hydrogen-bond acceptors (Lipinski definition) is 5. The Labute approximate surface area is 111 Å². The average molecular weight is 291 g/mol. The summed E-state index contributed by atoms with van der Waals surface area (Å²) in [6.45, 7) is 3.85. The van der Waals surface area contributed by atoms with Crippen molar-refractivity contribution < 1.29 is 17.9 Å². The Hall–Kier alpha value is -0.920. The molecule has 0 fully saturated rings. The largest absolute Gasteiger partial charge is 0.462 e. The Balaban J connectivity index is 2.58.